The number of rotatable bonds is 3. The van der Waals surface area contributed by atoms with Crippen LogP contribution in [0.1, 0.15) is 19.3 Å². The quantitative estimate of drug-likeness (QED) is 0.481. The number of aromatic nitrogens is 7. The second-order valence-electron chi connectivity index (χ2n) is 7.92. The summed E-state index contributed by atoms with van der Waals surface area (Å²) in [4.78, 5) is 15.2. The molecule has 0 aromatic carbocycles. The molecule has 8 nitrogen and oxygen atoms in total. The Balaban J connectivity index is 1.47. The van der Waals surface area contributed by atoms with Crippen LogP contribution >= 0.6 is 0 Å². The van der Waals surface area contributed by atoms with Crippen molar-refractivity contribution < 1.29 is 0 Å². The minimum Gasteiger partial charge on any atom is -0.356 e. The van der Waals surface area contributed by atoms with Crippen molar-refractivity contribution in [2.75, 3.05) is 18.0 Å². The van der Waals surface area contributed by atoms with Crippen molar-refractivity contribution in [1.82, 2.24) is 34.9 Å². The van der Waals surface area contributed by atoms with Crippen molar-refractivity contribution in [2.24, 2.45) is 7.05 Å². The van der Waals surface area contributed by atoms with Gasteiger partial charge in [0.05, 0.1) is 34.8 Å². The first kappa shape index (κ1) is 17.2. The van der Waals surface area contributed by atoms with Gasteiger partial charge in [0.15, 0.2) is 0 Å². The first-order valence-electron chi connectivity index (χ1n) is 10.3. The summed E-state index contributed by atoms with van der Waals surface area (Å²) in [5.74, 6) is 1.06. The molecule has 0 unspecified atom stereocenters. The summed E-state index contributed by atoms with van der Waals surface area (Å²) >= 11 is 0. The fourth-order valence-corrected chi connectivity index (χ4v) is 4.36. The molecule has 6 heterocycles. The van der Waals surface area contributed by atoms with Crippen LogP contribution in [-0.4, -0.2) is 48.0 Å². The van der Waals surface area contributed by atoms with Crippen LogP contribution in [0, 0.1) is 0 Å². The van der Waals surface area contributed by atoms with Crippen molar-refractivity contribution in [3.05, 3.63) is 43.0 Å². The zero-order valence-corrected chi connectivity index (χ0v) is 16.8. The molecule has 1 aliphatic heterocycles. The standard InChI is InChI=1S/C22H22N8/c1-29-13-14(11-25-29)18-9-15-20(12-24-18)27-28-21(15)19-10-16-17(26-19)5-6-23-22(16)30-7-3-2-4-8-30/h5-6,9-13,26H,2-4,7-8H2,1H3,(H,27,28). The molecule has 0 amide bonds. The van der Waals surface area contributed by atoms with Gasteiger partial charge in [0.25, 0.3) is 0 Å². The molecule has 0 spiro atoms. The van der Waals surface area contributed by atoms with E-state index in [2.05, 4.69) is 42.3 Å². The maximum atomic E-state index is 4.70. The molecule has 0 atom stereocenters. The topological polar surface area (TPSA) is 91.3 Å². The maximum Gasteiger partial charge on any atom is 0.137 e. The fourth-order valence-electron chi connectivity index (χ4n) is 4.36. The molecule has 1 saturated heterocycles. The third-order valence-corrected chi connectivity index (χ3v) is 5.89. The molecule has 0 radical (unpaired) electrons. The number of hydrogen-bond donors (Lipinski definition) is 2. The van der Waals surface area contributed by atoms with Gasteiger partial charge in [0.1, 0.15) is 11.5 Å². The Kier molecular flexibility index (Phi) is 3.83. The molecular weight excluding hydrogens is 376 g/mol. The second-order valence-corrected chi connectivity index (χ2v) is 7.92. The molecule has 2 N–H and O–H groups in total. The average Bonchev–Trinajstić information content (AvgIpc) is 3.50. The van der Waals surface area contributed by atoms with Gasteiger partial charge in [-0.05, 0) is 37.5 Å². The number of nitrogens with zero attached hydrogens (tertiary/aromatic N) is 6. The molecule has 30 heavy (non-hydrogen) atoms. The SMILES string of the molecule is Cn1cc(-c2cc3c(-c4cc5c(N6CCCCC6)nccc5[nH]4)n[nH]c3cn2)cn1. The molecular formula is C22H22N8. The highest BCUT2D eigenvalue weighted by atomic mass is 15.2. The van der Waals surface area contributed by atoms with Crippen molar-refractivity contribution >= 4 is 27.6 Å². The van der Waals surface area contributed by atoms with E-state index >= 15 is 0 Å². The van der Waals surface area contributed by atoms with E-state index in [9.17, 15) is 0 Å². The van der Waals surface area contributed by atoms with E-state index < -0.39 is 0 Å². The van der Waals surface area contributed by atoms with Crippen LogP contribution in [0.3, 0.4) is 0 Å². The lowest BCUT2D eigenvalue weighted by atomic mass is 10.1. The summed E-state index contributed by atoms with van der Waals surface area (Å²) in [7, 11) is 1.91. The van der Waals surface area contributed by atoms with Crippen LogP contribution in [0.5, 0.6) is 0 Å². The predicted molar refractivity (Wildman–Crippen MR) is 117 cm³/mol. The summed E-state index contributed by atoms with van der Waals surface area (Å²) in [6.07, 6.45) is 11.3. The molecule has 8 heteroatoms. The highest BCUT2D eigenvalue weighted by Crippen LogP contribution is 2.34. The normalized spacial score (nSPS) is 14.8. The Bertz CT molecular complexity index is 1350. The van der Waals surface area contributed by atoms with Crippen LogP contribution in [0.4, 0.5) is 5.82 Å². The van der Waals surface area contributed by atoms with Crippen LogP contribution in [0.25, 0.3) is 44.5 Å². The second kappa shape index (κ2) is 6.69. The summed E-state index contributed by atoms with van der Waals surface area (Å²) in [6.45, 7) is 2.14. The molecule has 0 aliphatic carbocycles. The smallest absolute Gasteiger partial charge is 0.137 e. The van der Waals surface area contributed by atoms with Gasteiger partial charge >= 0.3 is 0 Å². The minimum atomic E-state index is 0.880. The lowest BCUT2D eigenvalue weighted by Gasteiger charge is -2.28. The number of pyridine rings is 2. The van der Waals surface area contributed by atoms with Gasteiger partial charge in [0, 0.05) is 48.9 Å². The van der Waals surface area contributed by atoms with Crippen molar-refractivity contribution in [1.29, 1.82) is 0 Å². The maximum absolute atomic E-state index is 4.70. The average molecular weight is 398 g/mol. The Hall–Kier alpha value is -3.68. The highest BCUT2D eigenvalue weighted by molar-refractivity contribution is 5.99. The molecule has 5 aromatic heterocycles. The van der Waals surface area contributed by atoms with E-state index in [0.717, 1.165) is 63.4 Å². The number of nitrogens with one attached hydrogen (secondary N) is 2. The number of aromatic amines is 2. The Labute approximate surface area is 173 Å². The molecule has 150 valence electrons. The molecule has 1 aliphatic rings. The summed E-state index contributed by atoms with van der Waals surface area (Å²) in [5.41, 5.74) is 5.72. The van der Waals surface area contributed by atoms with Gasteiger partial charge in [-0.25, -0.2) is 4.98 Å². The number of hydrogen-bond acceptors (Lipinski definition) is 5. The number of anilines is 1. The Morgan fingerprint density at radius 3 is 2.70 bits per heavy atom. The largest absolute Gasteiger partial charge is 0.356 e. The Morgan fingerprint density at radius 1 is 0.967 bits per heavy atom. The zero-order chi connectivity index (χ0) is 20.1. The number of piperidine rings is 1. The fraction of sp³-hybridized carbons (Fsp3) is 0.273. The van der Waals surface area contributed by atoms with Gasteiger partial charge < -0.3 is 9.88 Å². The number of aryl methyl sites for hydroxylation is 1. The van der Waals surface area contributed by atoms with Crippen LogP contribution in [-0.2, 0) is 7.05 Å². The first-order chi connectivity index (χ1) is 14.8. The molecule has 0 bridgehead atoms. The van der Waals surface area contributed by atoms with E-state index in [1.807, 2.05) is 37.9 Å². The predicted octanol–water partition coefficient (Wildman–Crippen LogP) is 3.89. The highest BCUT2D eigenvalue weighted by Gasteiger charge is 2.18. The van der Waals surface area contributed by atoms with Gasteiger partial charge in [0.2, 0.25) is 0 Å². The third kappa shape index (κ3) is 2.75. The summed E-state index contributed by atoms with van der Waals surface area (Å²) in [6, 6.07) is 6.27. The van der Waals surface area contributed by atoms with Gasteiger partial charge in [-0.3, -0.25) is 14.8 Å². The molecule has 1 fully saturated rings. The summed E-state index contributed by atoms with van der Waals surface area (Å²) < 4.78 is 1.78. The van der Waals surface area contributed by atoms with E-state index in [-0.39, 0.29) is 0 Å². The van der Waals surface area contributed by atoms with Gasteiger partial charge in [-0.1, -0.05) is 0 Å². The number of H-pyrrole nitrogens is 2. The molecule has 5 aromatic rings. The summed E-state index contributed by atoms with van der Waals surface area (Å²) in [5, 5.41) is 14.1. The van der Waals surface area contributed by atoms with E-state index in [1.165, 1.54) is 19.3 Å². The van der Waals surface area contributed by atoms with E-state index in [4.69, 9.17) is 4.98 Å². The van der Waals surface area contributed by atoms with Crippen molar-refractivity contribution in [3.63, 3.8) is 0 Å². The number of fused-ring (bicyclic) bond motifs is 2. The van der Waals surface area contributed by atoms with Crippen LogP contribution in [0.15, 0.2) is 43.0 Å². The third-order valence-electron chi connectivity index (χ3n) is 5.89. The first-order valence-corrected chi connectivity index (χ1v) is 10.3. The zero-order valence-electron chi connectivity index (χ0n) is 16.8. The van der Waals surface area contributed by atoms with Crippen LogP contribution < -0.4 is 4.90 Å². The van der Waals surface area contributed by atoms with E-state index in [1.54, 1.807) is 4.68 Å². The van der Waals surface area contributed by atoms with Gasteiger partial charge in [-0.15, -0.1) is 0 Å². The lowest BCUT2D eigenvalue weighted by Crippen LogP contribution is -2.30. The molecule has 0 saturated carbocycles. The van der Waals surface area contributed by atoms with Gasteiger partial charge in [-0.2, -0.15) is 10.2 Å². The van der Waals surface area contributed by atoms with Crippen molar-refractivity contribution in [2.45, 2.75) is 19.3 Å². The molecule has 6 rings (SSSR count). The Morgan fingerprint density at radius 2 is 1.87 bits per heavy atom. The minimum absolute atomic E-state index is 0.880. The van der Waals surface area contributed by atoms with Crippen LogP contribution in [0.2, 0.25) is 0 Å². The lowest BCUT2D eigenvalue weighted by molar-refractivity contribution is 0.575. The van der Waals surface area contributed by atoms with Crippen molar-refractivity contribution in [3.8, 4) is 22.6 Å². The monoisotopic (exact) mass is 398 g/mol. The van der Waals surface area contributed by atoms with E-state index in [0.29, 0.717) is 0 Å².